The molecule has 1 aliphatic rings. The Hall–Kier alpha value is -0.0400. The first kappa shape index (κ1) is 9.05. The molecule has 0 aromatic heterocycles. The lowest BCUT2D eigenvalue weighted by molar-refractivity contribution is 0.275. The van der Waals surface area contributed by atoms with Crippen LogP contribution in [0, 0.1) is 11.3 Å². The van der Waals surface area contributed by atoms with Gasteiger partial charge in [-0.1, -0.05) is 27.7 Å². The van der Waals surface area contributed by atoms with Gasteiger partial charge in [-0.3, -0.25) is 0 Å². The SMILES string of the molecule is CC(C)C1(N)CCC(C)(C)C1. The Morgan fingerprint density at radius 3 is 1.91 bits per heavy atom. The highest BCUT2D eigenvalue weighted by molar-refractivity contribution is 4.99. The quantitative estimate of drug-likeness (QED) is 0.618. The lowest BCUT2D eigenvalue weighted by atomic mass is 9.82. The van der Waals surface area contributed by atoms with Crippen molar-refractivity contribution >= 4 is 0 Å². The van der Waals surface area contributed by atoms with E-state index in [0.29, 0.717) is 11.3 Å². The van der Waals surface area contributed by atoms with Gasteiger partial charge in [-0.15, -0.1) is 0 Å². The summed E-state index contributed by atoms with van der Waals surface area (Å²) >= 11 is 0. The second-order valence-electron chi connectivity index (χ2n) is 5.23. The first-order valence-electron chi connectivity index (χ1n) is 4.65. The van der Waals surface area contributed by atoms with Crippen LogP contribution in [0.25, 0.3) is 0 Å². The Bertz CT molecular complexity index is 149. The molecule has 0 aliphatic heterocycles. The monoisotopic (exact) mass is 155 g/mol. The molecule has 66 valence electrons. The fraction of sp³-hybridized carbons (Fsp3) is 1.00. The minimum atomic E-state index is 0.128. The lowest BCUT2D eigenvalue weighted by Gasteiger charge is -2.30. The molecule has 1 atom stereocenters. The summed E-state index contributed by atoms with van der Waals surface area (Å²) in [5.41, 5.74) is 6.89. The van der Waals surface area contributed by atoms with Crippen molar-refractivity contribution < 1.29 is 0 Å². The van der Waals surface area contributed by atoms with Gasteiger partial charge in [-0.2, -0.15) is 0 Å². The average Bonchev–Trinajstić information content (AvgIpc) is 2.08. The molecule has 1 saturated carbocycles. The molecule has 1 unspecified atom stereocenters. The molecule has 1 aliphatic carbocycles. The van der Waals surface area contributed by atoms with Crippen molar-refractivity contribution in [2.75, 3.05) is 0 Å². The molecule has 1 heteroatoms. The molecule has 0 saturated heterocycles. The van der Waals surface area contributed by atoms with Crippen LogP contribution in [-0.2, 0) is 0 Å². The van der Waals surface area contributed by atoms with Crippen LogP contribution >= 0.6 is 0 Å². The van der Waals surface area contributed by atoms with E-state index < -0.39 is 0 Å². The first-order valence-corrected chi connectivity index (χ1v) is 4.65. The molecule has 0 spiro atoms. The summed E-state index contributed by atoms with van der Waals surface area (Å²) in [5, 5.41) is 0. The molecule has 1 rings (SSSR count). The molecule has 0 aromatic rings. The topological polar surface area (TPSA) is 26.0 Å². The van der Waals surface area contributed by atoms with Crippen LogP contribution in [0.4, 0.5) is 0 Å². The smallest absolute Gasteiger partial charge is 0.0182 e. The van der Waals surface area contributed by atoms with Crippen LogP contribution in [0.2, 0.25) is 0 Å². The number of rotatable bonds is 1. The van der Waals surface area contributed by atoms with Crippen LogP contribution in [0.5, 0.6) is 0 Å². The van der Waals surface area contributed by atoms with E-state index in [9.17, 15) is 0 Å². The van der Waals surface area contributed by atoms with Crippen molar-refractivity contribution in [2.24, 2.45) is 17.1 Å². The van der Waals surface area contributed by atoms with E-state index in [4.69, 9.17) is 5.73 Å². The lowest BCUT2D eigenvalue weighted by Crippen LogP contribution is -2.42. The normalized spacial score (nSPS) is 36.5. The Morgan fingerprint density at radius 2 is 1.73 bits per heavy atom. The molecule has 0 radical (unpaired) electrons. The predicted molar refractivity (Wildman–Crippen MR) is 49.4 cm³/mol. The van der Waals surface area contributed by atoms with E-state index in [2.05, 4.69) is 27.7 Å². The molecule has 1 nitrogen and oxygen atoms in total. The molecule has 1 fully saturated rings. The highest BCUT2D eigenvalue weighted by Gasteiger charge is 2.41. The van der Waals surface area contributed by atoms with Crippen molar-refractivity contribution in [2.45, 2.75) is 52.5 Å². The number of nitrogens with two attached hydrogens (primary N) is 1. The van der Waals surface area contributed by atoms with Gasteiger partial charge in [-0.25, -0.2) is 0 Å². The summed E-state index contributed by atoms with van der Waals surface area (Å²) in [6.45, 7) is 9.12. The molecule has 0 heterocycles. The minimum Gasteiger partial charge on any atom is -0.325 e. The number of hydrogen-bond donors (Lipinski definition) is 1. The van der Waals surface area contributed by atoms with Crippen LogP contribution in [0.3, 0.4) is 0 Å². The van der Waals surface area contributed by atoms with E-state index in [1.807, 2.05) is 0 Å². The summed E-state index contributed by atoms with van der Waals surface area (Å²) in [7, 11) is 0. The van der Waals surface area contributed by atoms with Gasteiger partial charge in [0, 0.05) is 5.54 Å². The van der Waals surface area contributed by atoms with Gasteiger partial charge in [0.25, 0.3) is 0 Å². The van der Waals surface area contributed by atoms with Gasteiger partial charge in [0.1, 0.15) is 0 Å². The molecule has 0 aromatic carbocycles. The Balaban J connectivity index is 2.65. The third-order valence-electron chi connectivity index (χ3n) is 3.22. The van der Waals surface area contributed by atoms with Crippen molar-refractivity contribution in [1.29, 1.82) is 0 Å². The molecule has 0 bridgehead atoms. The highest BCUT2D eigenvalue weighted by Crippen LogP contribution is 2.45. The molecule has 0 amide bonds. The van der Waals surface area contributed by atoms with Crippen molar-refractivity contribution in [3.63, 3.8) is 0 Å². The van der Waals surface area contributed by atoms with Crippen molar-refractivity contribution in [1.82, 2.24) is 0 Å². The van der Waals surface area contributed by atoms with E-state index in [1.54, 1.807) is 0 Å². The maximum Gasteiger partial charge on any atom is 0.0182 e. The zero-order chi connectivity index (χ0) is 8.70. The second-order valence-corrected chi connectivity index (χ2v) is 5.23. The Labute approximate surface area is 70.4 Å². The van der Waals surface area contributed by atoms with E-state index in [0.717, 1.165) is 0 Å². The van der Waals surface area contributed by atoms with E-state index in [-0.39, 0.29) is 5.54 Å². The maximum atomic E-state index is 6.28. The van der Waals surface area contributed by atoms with Crippen molar-refractivity contribution in [3.8, 4) is 0 Å². The molecule has 11 heavy (non-hydrogen) atoms. The molecular weight excluding hydrogens is 134 g/mol. The van der Waals surface area contributed by atoms with Gasteiger partial charge in [0.2, 0.25) is 0 Å². The first-order chi connectivity index (χ1) is 4.86. The van der Waals surface area contributed by atoms with E-state index in [1.165, 1.54) is 19.3 Å². The van der Waals surface area contributed by atoms with Gasteiger partial charge in [0.05, 0.1) is 0 Å². The molecular formula is C10H21N. The van der Waals surface area contributed by atoms with E-state index >= 15 is 0 Å². The van der Waals surface area contributed by atoms with Gasteiger partial charge in [0.15, 0.2) is 0 Å². The zero-order valence-electron chi connectivity index (χ0n) is 8.28. The maximum absolute atomic E-state index is 6.28. The summed E-state index contributed by atoms with van der Waals surface area (Å²) in [6, 6.07) is 0. The summed E-state index contributed by atoms with van der Waals surface area (Å²) in [4.78, 5) is 0. The van der Waals surface area contributed by atoms with Gasteiger partial charge < -0.3 is 5.73 Å². The zero-order valence-corrected chi connectivity index (χ0v) is 8.28. The van der Waals surface area contributed by atoms with Gasteiger partial charge >= 0.3 is 0 Å². The fourth-order valence-electron chi connectivity index (χ4n) is 2.13. The van der Waals surface area contributed by atoms with Crippen LogP contribution in [-0.4, -0.2) is 5.54 Å². The standard InChI is InChI=1S/C10H21N/c1-8(2)10(11)6-5-9(3,4)7-10/h8H,5-7,11H2,1-4H3. The highest BCUT2D eigenvalue weighted by atomic mass is 14.8. The average molecular weight is 155 g/mol. The van der Waals surface area contributed by atoms with Gasteiger partial charge in [-0.05, 0) is 30.6 Å². The van der Waals surface area contributed by atoms with Crippen LogP contribution in [0.1, 0.15) is 47.0 Å². The fourth-order valence-corrected chi connectivity index (χ4v) is 2.13. The van der Waals surface area contributed by atoms with Crippen LogP contribution in [0.15, 0.2) is 0 Å². The largest absolute Gasteiger partial charge is 0.325 e. The summed E-state index contributed by atoms with van der Waals surface area (Å²) in [6.07, 6.45) is 3.69. The van der Waals surface area contributed by atoms with Crippen LogP contribution < -0.4 is 5.73 Å². The second kappa shape index (κ2) is 2.48. The summed E-state index contributed by atoms with van der Waals surface area (Å²) < 4.78 is 0. The molecule has 2 N–H and O–H groups in total. The Kier molecular flexibility index (Phi) is 2.04. The number of hydrogen-bond acceptors (Lipinski definition) is 1. The third-order valence-corrected chi connectivity index (χ3v) is 3.22. The predicted octanol–water partition coefficient (Wildman–Crippen LogP) is 2.55. The minimum absolute atomic E-state index is 0.128. The third kappa shape index (κ3) is 1.76. The summed E-state index contributed by atoms with van der Waals surface area (Å²) in [5.74, 6) is 0.629. The van der Waals surface area contributed by atoms with Crippen molar-refractivity contribution in [3.05, 3.63) is 0 Å². The Morgan fingerprint density at radius 1 is 1.18 bits per heavy atom.